The number of ether oxygens (including phenoxy) is 2. The number of hydrogen-bond acceptors (Lipinski definition) is 5. The molecular weight excluding hydrogens is 300 g/mol. The van der Waals surface area contributed by atoms with Crippen LogP contribution in [-0.2, 0) is 20.7 Å². The van der Waals surface area contributed by atoms with Crippen molar-refractivity contribution >= 4 is 23.8 Å². The van der Waals surface area contributed by atoms with Crippen LogP contribution >= 0.6 is 0 Å². The summed E-state index contributed by atoms with van der Waals surface area (Å²) in [5.41, 5.74) is 3.35. The van der Waals surface area contributed by atoms with Gasteiger partial charge in [0.1, 0.15) is 5.75 Å². The molecule has 0 fully saturated rings. The predicted octanol–water partition coefficient (Wildman–Crippen LogP) is 2.82. The monoisotopic (exact) mass is 318 g/mol. The number of allylic oxidation sites excluding steroid dienone is 1. The number of Topliss-reactive ketones (excluding diaryl/α,β-unsaturated/α-hetero) is 2. The van der Waals surface area contributed by atoms with Gasteiger partial charge in [0.15, 0.2) is 11.6 Å². The van der Waals surface area contributed by atoms with Crippen LogP contribution in [0.25, 0.3) is 6.08 Å². The summed E-state index contributed by atoms with van der Waals surface area (Å²) >= 11 is 0. The third-order valence-electron chi connectivity index (χ3n) is 3.88. The van der Waals surface area contributed by atoms with Crippen molar-refractivity contribution in [3.8, 4) is 5.75 Å². The van der Waals surface area contributed by atoms with Gasteiger partial charge in [0, 0.05) is 5.56 Å². The SMILES string of the molecule is CC(=O)C(=Cc1cc2c(c(C)c1C)OC(OC(=O)O)C2)C(C)=O. The largest absolute Gasteiger partial charge is 0.508 e. The summed E-state index contributed by atoms with van der Waals surface area (Å²) in [6.07, 6.45) is -0.412. The molecule has 0 aliphatic carbocycles. The smallest absolute Gasteiger partial charge is 0.454 e. The highest BCUT2D eigenvalue weighted by Crippen LogP contribution is 2.37. The van der Waals surface area contributed by atoms with Crippen molar-refractivity contribution in [1.82, 2.24) is 0 Å². The molecule has 0 amide bonds. The lowest BCUT2D eigenvalue weighted by molar-refractivity contribution is -0.119. The third kappa shape index (κ3) is 3.41. The molecule has 1 N–H and O–H groups in total. The highest BCUT2D eigenvalue weighted by Gasteiger charge is 2.29. The van der Waals surface area contributed by atoms with Crippen molar-refractivity contribution in [2.75, 3.05) is 0 Å². The van der Waals surface area contributed by atoms with Crippen molar-refractivity contribution in [2.45, 2.75) is 40.4 Å². The molecule has 0 aromatic heterocycles. The Kier molecular flexibility index (Phi) is 4.54. The summed E-state index contributed by atoms with van der Waals surface area (Å²) in [5.74, 6) is 0.00915. The quantitative estimate of drug-likeness (QED) is 0.397. The first-order valence-corrected chi connectivity index (χ1v) is 7.13. The van der Waals surface area contributed by atoms with Crippen molar-refractivity contribution in [3.63, 3.8) is 0 Å². The lowest BCUT2D eigenvalue weighted by atomic mass is 9.95. The van der Waals surface area contributed by atoms with Gasteiger partial charge in [0.05, 0.1) is 12.0 Å². The van der Waals surface area contributed by atoms with Crippen molar-refractivity contribution in [3.05, 3.63) is 33.9 Å². The minimum Gasteiger partial charge on any atom is -0.454 e. The van der Waals surface area contributed by atoms with Crippen LogP contribution in [0.1, 0.15) is 36.1 Å². The first-order chi connectivity index (χ1) is 10.7. The zero-order valence-corrected chi connectivity index (χ0v) is 13.4. The van der Waals surface area contributed by atoms with Gasteiger partial charge in [0.2, 0.25) is 0 Å². The van der Waals surface area contributed by atoms with E-state index in [9.17, 15) is 14.4 Å². The average Bonchev–Trinajstić information content (AvgIpc) is 2.82. The molecule has 2 rings (SSSR count). The van der Waals surface area contributed by atoms with E-state index >= 15 is 0 Å². The number of rotatable bonds is 4. The molecule has 1 atom stereocenters. The molecule has 1 aliphatic heterocycles. The molecule has 0 bridgehead atoms. The maximum Gasteiger partial charge on any atom is 0.508 e. The first kappa shape index (κ1) is 16.7. The average molecular weight is 318 g/mol. The van der Waals surface area contributed by atoms with Crippen LogP contribution in [0.2, 0.25) is 0 Å². The van der Waals surface area contributed by atoms with Gasteiger partial charge < -0.3 is 14.6 Å². The maximum absolute atomic E-state index is 11.6. The number of fused-ring (bicyclic) bond motifs is 1. The lowest BCUT2D eigenvalue weighted by Crippen LogP contribution is -2.20. The Labute approximate surface area is 133 Å². The molecule has 122 valence electrons. The Morgan fingerprint density at radius 3 is 2.35 bits per heavy atom. The number of carbonyl (C=O) groups excluding carboxylic acids is 2. The number of hydrogen-bond donors (Lipinski definition) is 1. The molecule has 6 heteroatoms. The van der Waals surface area contributed by atoms with Gasteiger partial charge in [-0.05, 0) is 56.5 Å². The van der Waals surface area contributed by atoms with E-state index in [0.717, 1.165) is 22.3 Å². The van der Waals surface area contributed by atoms with E-state index in [0.29, 0.717) is 12.2 Å². The third-order valence-corrected chi connectivity index (χ3v) is 3.88. The molecule has 0 saturated carbocycles. The van der Waals surface area contributed by atoms with Crippen LogP contribution in [0.4, 0.5) is 4.79 Å². The van der Waals surface area contributed by atoms with Crippen LogP contribution in [-0.4, -0.2) is 29.1 Å². The Bertz CT molecular complexity index is 713. The number of benzene rings is 1. The van der Waals surface area contributed by atoms with Crippen LogP contribution in [0, 0.1) is 13.8 Å². The Morgan fingerprint density at radius 1 is 1.22 bits per heavy atom. The Balaban J connectivity index is 2.45. The standard InChI is InChI=1S/C17H18O6/c1-8-9(2)16-13(7-15(22-16)23-17(20)21)5-12(8)6-14(10(3)18)11(4)19/h5-6,15H,7H2,1-4H3,(H,20,21). The molecule has 0 saturated heterocycles. The van der Waals surface area contributed by atoms with Gasteiger partial charge in [-0.15, -0.1) is 0 Å². The summed E-state index contributed by atoms with van der Waals surface area (Å²) < 4.78 is 10.2. The van der Waals surface area contributed by atoms with Gasteiger partial charge in [-0.3, -0.25) is 9.59 Å². The fraction of sp³-hybridized carbons (Fsp3) is 0.353. The van der Waals surface area contributed by atoms with Crippen LogP contribution in [0.5, 0.6) is 5.75 Å². The summed E-state index contributed by atoms with van der Waals surface area (Å²) in [6, 6.07) is 1.80. The molecule has 0 spiro atoms. The maximum atomic E-state index is 11.6. The molecule has 23 heavy (non-hydrogen) atoms. The number of carbonyl (C=O) groups is 3. The molecule has 0 radical (unpaired) electrons. The highest BCUT2D eigenvalue weighted by atomic mass is 16.8. The van der Waals surface area contributed by atoms with Crippen molar-refractivity contribution in [2.24, 2.45) is 0 Å². The normalized spacial score (nSPS) is 15.4. The first-order valence-electron chi connectivity index (χ1n) is 7.13. The fourth-order valence-electron chi connectivity index (χ4n) is 2.59. The minimum atomic E-state index is -1.40. The van der Waals surface area contributed by atoms with E-state index < -0.39 is 12.4 Å². The van der Waals surface area contributed by atoms with E-state index in [1.54, 1.807) is 12.1 Å². The second-order valence-electron chi connectivity index (χ2n) is 5.51. The lowest BCUT2D eigenvalue weighted by Gasteiger charge is -2.12. The molecule has 1 aromatic carbocycles. The van der Waals surface area contributed by atoms with Gasteiger partial charge in [-0.2, -0.15) is 0 Å². The molecule has 1 aliphatic rings. The van der Waals surface area contributed by atoms with Gasteiger partial charge in [-0.1, -0.05) is 0 Å². The van der Waals surface area contributed by atoms with Gasteiger partial charge in [-0.25, -0.2) is 4.79 Å². The van der Waals surface area contributed by atoms with Crippen molar-refractivity contribution in [1.29, 1.82) is 0 Å². The molecular formula is C17H18O6. The van der Waals surface area contributed by atoms with Crippen LogP contribution < -0.4 is 4.74 Å². The second-order valence-corrected chi connectivity index (χ2v) is 5.51. The fourth-order valence-corrected chi connectivity index (χ4v) is 2.59. The Morgan fingerprint density at radius 2 is 1.83 bits per heavy atom. The van der Waals surface area contributed by atoms with E-state index in [1.165, 1.54) is 13.8 Å². The zero-order chi connectivity index (χ0) is 17.3. The summed E-state index contributed by atoms with van der Waals surface area (Å²) in [6.45, 7) is 6.40. The topological polar surface area (TPSA) is 89.9 Å². The minimum absolute atomic E-state index is 0.129. The molecule has 1 aromatic rings. The van der Waals surface area contributed by atoms with E-state index in [-0.39, 0.29) is 17.1 Å². The second kappa shape index (κ2) is 6.24. The van der Waals surface area contributed by atoms with Gasteiger partial charge in [0.25, 0.3) is 6.29 Å². The van der Waals surface area contributed by atoms with Gasteiger partial charge >= 0.3 is 6.16 Å². The van der Waals surface area contributed by atoms with E-state index in [4.69, 9.17) is 9.84 Å². The van der Waals surface area contributed by atoms with Crippen molar-refractivity contribution < 1.29 is 29.0 Å². The van der Waals surface area contributed by atoms with E-state index in [2.05, 4.69) is 4.74 Å². The Hall–Kier alpha value is -2.63. The zero-order valence-electron chi connectivity index (χ0n) is 13.4. The highest BCUT2D eigenvalue weighted by molar-refractivity contribution is 6.21. The van der Waals surface area contributed by atoms with Crippen LogP contribution in [0.3, 0.4) is 0 Å². The summed E-state index contributed by atoms with van der Waals surface area (Å²) in [7, 11) is 0. The summed E-state index contributed by atoms with van der Waals surface area (Å²) in [5, 5.41) is 8.69. The predicted molar refractivity (Wildman–Crippen MR) is 82.5 cm³/mol. The summed E-state index contributed by atoms with van der Waals surface area (Å²) in [4.78, 5) is 33.8. The van der Waals surface area contributed by atoms with E-state index in [1.807, 2.05) is 13.8 Å². The molecule has 1 unspecified atom stereocenters. The molecule has 6 nitrogen and oxygen atoms in total. The molecule has 1 heterocycles. The number of ketones is 2. The number of carboxylic acid groups (broad SMARTS) is 1. The van der Waals surface area contributed by atoms with Crippen LogP contribution in [0.15, 0.2) is 11.6 Å².